The van der Waals surface area contributed by atoms with Gasteiger partial charge in [0.25, 0.3) is 0 Å². The Labute approximate surface area is 121 Å². The van der Waals surface area contributed by atoms with E-state index in [1.165, 1.54) is 11.3 Å². The highest BCUT2D eigenvalue weighted by atomic mass is 32.1. The summed E-state index contributed by atoms with van der Waals surface area (Å²) in [5, 5.41) is 16.7. The van der Waals surface area contributed by atoms with E-state index >= 15 is 0 Å². The van der Waals surface area contributed by atoms with E-state index in [-0.39, 0.29) is 10.6 Å². The Balaban J connectivity index is 1.53. The van der Waals surface area contributed by atoms with Crippen molar-refractivity contribution in [3.05, 3.63) is 21.6 Å². The van der Waals surface area contributed by atoms with Crippen molar-refractivity contribution < 1.29 is 9.66 Å². The molecule has 0 aromatic carbocycles. The van der Waals surface area contributed by atoms with E-state index < -0.39 is 0 Å². The van der Waals surface area contributed by atoms with Crippen LogP contribution >= 0.6 is 11.3 Å². The van der Waals surface area contributed by atoms with Gasteiger partial charge in [0.15, 0.2) is 5.00 Å². The van der Waals surface area contributed by atoms with Crippen LogP contribution in [0, 0.1) is 10.1 Å². The molecule has 3 heterocycles. The Hall–Kier alpha value is -1.18. The Morgan fingerprint density at radius 2 is 2.20 bits per heavy atom. The van der Waals surface area contributed by atoms with Crippen LogP contribution in [0.25, 0.3) is 0 Å². The molecular formula is C13H19N3O3S. The van der Waals surface area contributed by atoms with E-state index in [9.17, 15) is 10.1 Å². The molecule has 20 heavy (non-hydrogen) atoms. The molecule has 0 aliphatic carbocycles. The quantitative estimate of drug-likeness (QED) is 0.682. The van der Waals surface area contributed by atoms with Crippen LogP contribution in [-0.4, -0.2) is 48.2 Å². The molecule has 0 saturated carbocycles. The maximum Gasteiger partial charge on any atom is 0.303 e. The first-order valence-corrected chi connectivity index (χ1v) is 7.92. The number of nitro groups is 1. The van der Waals surface area contributed by atoms with Crippen molar-refractivity contribution in [1.82, 2.24) is 4.90 Å². The highest BCUT2D eigenvalue weighted by molar-refractivity contribution is 7.14. The third-order valence-electron chi connectivity index (χ3n) is 4.13. The predicted octanol–water partition coefficient (Wildman–Crippen LogP) is 2.32. The molecule has 0 spiro atoms. The number of rotatable bonds is 4. The summed E-state index contributed by atoms with van der Waals surface area (Å²) in [5.41, 5.74) is 0.196. The van der Waals surface area contributed by atoms with Crippen LogP contribution in [-0.2, 0) is 4.74 Å². The van der Waals surface area contributed by atoms with Gasteiger partial charge in [-0.1, -0.05) is 0 Å². The van der Waals surface area contributed by atoms with Crippen LogP contribution in [0.4, 0.5) is 10.7 Å². The highest BCUT2D eigenvalue weighted by Crippen LogP contribution is 2.32. The van der Waals surface area contributed by atoms with Crippen molar-refractivity contribution in [3.8, 4) is 0 Å². The maximum absolute atomic E-state index is 10.9. The third kappa shape index (κ3) is 2.94. The van der Waals surface area contributed by atoms with E-state index in [0.29, 0.717) is 17.1 Å². The fourth-order valence-electron chi connectivity index (χ4n) is 2.96. The van der Waals surface area contributed by atoms with Gasteiger partial charge >= 0.3 is 5.69 Å². The minimum Gasteiger partial charge on any atom is -0.380 e. The van der Waals surface area contributed by atoms with Crippen LogP contribution in [0.15, 0.2) is 11.4 Å². The fourth-order valence-corrected chi connectivity index (χ4v) is 3.79. The number of hydrogen-bond acceptors (Lipinski definition) is 6. The molecule has 2 fully saturated rings. The van der Waals surface area contributed by atoms with Crippen LogP contribution in [0.3, 0.4) is 0 Å². The maximum atomic E-state index is 10.9. The molecule has 3 rings (SSSR count). The summed E-state index contributed by atoms with van der Waals surface area (Å²) in [4.78, 5) is 13.1. The number of nitrogens with zero attached hydrogens (tertiary/aromatic N) is 2. The average molecular weight is 297 g/mol. The molecule has 1 atom stereocenters. The summed E-state index contributed by atoms with van der Waals surface area (Å²) in [6, 6.07) is 2.48. The van der Waals surface area contributed by atoms with Crippen molar-refractivity contribution in [2.24, 2.45) is 0 Å². The molecule has 6 nitrogen and oxygen atoms in total. The van der Waals surface area contributed by atoms with Crippen molar-refractivity contribution in [1.29, 1.82) is 0 Å². The van der Waals surface area contributed by atoms with Gasteiger partial charge in [-0.15, -0.1) is 11.3 Å². The van der Waals surface area contributed by atoms with Gasteiger partial charge in [0.1, 0.15) is 0 Å². The molecule has 2 aliphatic rings. The Bertz CT molecular complexity index is 465. The van der Waals surface area contributed by atoms with Crippen LogP contribution in [0.2, 0.25) is 0 Å². The SMILES string of the molecule is O=[N+]([O-])c1ccsc1NC1CCN([C@@H]2CCOC2)CC1. The largest absolute Gasteiger partial charge is 0.380 e. The molecule has 2 aliphatic heterocycles. The van der Waals surface area contributed by atoms with Gasteiger partial charge < -0.3 is 10.1 Å². The van der Waals surface area contributed by atoms with Crippen molar-refractivity contribution in [2.75, 3.05) is 31.6 Å². The first-order valence-electron chi connectivity index (χ1n) is 7.04. The first kappa shape index (κ1) is 13.8. The number of likely N-dealkylation sites (tertiary alicyclic amines) is 1. The first-order chi connectivity index (χ1) is 9.74. The lowest BCUT2D eigenvalue weighted by atomic mass is 10.0. The van der Waals surface area contributed by atoms with E-state index in [0.717, 1.165) is 45.6 Å². The third-order valence-corrected chi connectivity index (χ3v) is 4.96. The molecule has 1 aromatic rings. The van der Waals surface area contributed by atoms with E-state index in [4.69, 9.17) is 4.74 Å². The second-order valence-corrected chi connectivity index (χ2v) is 6.28. The second kappa shape index (κ2) is 6.07. The Morgan fingerprint density at radius 3 is 2.85 bits per heavy atom. The van der Waals surface area contributed by atoms with Crippen LogP contribution in [0.1, 0.15) is 19.3 Å². The van der Waals surface area contributed by atoms with Crippen molar-refractivity contribution in [2.45, 2.75) is 31.3 Å². The van der Waals surface area contributed by atoms with Gasteiger partial charge in [0, 0.05) is 37.8 Å². The lowest BCUT2D eigenvalue weighted by Gasteiger charge is -2.35. The number of anilines is 1. The number of nitrogens with one attached hydrogen (secondary N) is 1. The van der Waals surface area contributed by atoms with Gasteiger partial charge in [-0.2, -0.15) is 0 Å². The molecule has 0 radical (unpaired) electrons. The summed E-state index contributed by atoms with van der Waals surface area (Å²) >= 11 is 1.41. The summed E-state index contributed by atoms with van der Waals surface area (Å²) in [7, 11) is 0. The average Bonchev–Trinajstić information content (AvgIpc) is 3.10. The van der Waals surface area contributed by atoms with Gasteiger partial charge in [-0.25, -0.2) is 0 Å². The number of piperidine rings is 1. The number of thiophene rings is 1. The molecule has 0 bridgehead atoms. The lowest BCUT2D eigenvalue weighted by molar-refractivity contribution is -0.383. The molecule has 0 amide bonds. The molecule has 1 aromatic heterocycles. The van der Waals surface area contributed by atoms with Crippen molar-refractivity contribution in [3.63, 3.8) is 0 Å². The van der Waals surface area contributed by atoms with E-state index in [1.54, 1.807) is 11.4 Å². The summed E-state index contributed by atoms with van der Waals surface area (Å²) in [6.07, 6.45) is 3.20. The smallest absolute Gasteiger partial charge is 0.303 e. The van der Waals surface area contributed by atoms with Crippen LogP contribution in [0.5, 0.6) is 0 Å². The molecule has 7 heteroatoms. The highest BCUT2D eigenvalue weighted by Gasteiger charge is 2.28. The summed E-state index contributed by atoms with van der Waals surface area (Å²) in [6.45, 7) is 3.83. The number of hydrogen-bond donors (Lipinski definition) is 1. The van der Waals surface area contributed by atoms with Gasteiger partial charge in [0.05, 0.1) is 11.5 Å². The topological polar surface area (TPSA) is 67.6 Å². The normalized spacial score (nSPS) is 24.9. The zero-order valence-electron chi connectivity index (χ0n) is 11.3. The van der Waals surface area contributed by atoms with Gasteiger partial charge in [-0.3, -0.25) is 15.0 Å². The van der Waals surface area contributed by atoms with Gasteiger partial charge in [-0.05, 0) is 24.6 Å². The molecule has 1 N–H and O–H groups in total. The zero-order valence-corrected chi connectivity index (χ0v) is 12.1. The van der Waals surface area contributed by atoms with E-state index in [2.05, 4.69) is 10.2 Å². The fraction of sp³-hybridized carbons (Fsp3) is 0.692. The van der Waals surface area contributed by atoms with Crippen LogP contribution < -0.4 is 5.32 Å². The molecule has 2 saturated heterocycles. The zero-order chi connectivity index (χ0) is 13.9. The van der Waals surface area contributed by atoms with Gasteiger partial charge in [0.2, 0.25) is 0 Å². The summed E-state index contributed by atoms with van der Waals surface area (Å²) in [5.74, 6) is 0. The lowest BCUT2D eigenvalue weighted by Crippen LogP contribution is -2.44. The predicted molar refractivity (Wildman–Crippen MR) is 78.4 cm³/mol. The number of ether oxygens (including phenoxy) is 1. The molecule has 0 unspecified atom stereocenters. The Kier molecular flexibility index (Phi) is 4.18. The Morgan fingerprint density at radius 1 is 1.40 bits per heavy atom. The van der Waals surface area contributed by atoms with Crippen molar-refractivity contribution >= 4 is 22.0 Å². The molecular weight excluding hydrogens is 278 g/mol. The van der Waals surface area contributed by atoms with E-state index in [1.807, 2.05) is 0 Å². The second-order valence-electron chi connectivity index (χ2n) is 5.36. The minimum absolute atomic E-state index is 0.196. The monoisotopic (exact) mass is 297 g/mol. The minimum atomic E-state index is -0.316. The molecule has 110 valence electrons. The standard InChI is InChI=1S/C13H19N3O3S/c17-16(18)12-4-8-20-13(12)14-10-1-5-15(6-2-10)11-3-7-19-9-11/h4,8,10-11,14H,1-3,5-7,9H2/t11-/m1/s1. The summed E-state index contributed by atoms with van der Waals surface area (Å²) < 4.78 is 5.43.